The molecule has 0 aliphatic heterocycles. The molecule has 0 saturated heterocycles. The second-order valence-electron chi connectivity index (χ2n) is 3.55. The van der Waals surface area contributed by atoms with Gasteiger partial charge in [0.05, 0.1) is 11.0 Å². The number of imidazole rings is 1. The number of H-pyrrole nitrogens is 1. The molecule has 86 valence electrons. The average Bonchev–Trinajstić information content (AvgIpc) is 2.66. The Morgan fingerprint density at radius 2 is 2.25 bits per heavy atom. The largest absolute Gasteiger partial charge is 0.333 e. The van der Waals surface area contributed by atoms with Crippen molar-refractivity contribution < 1.29 is 4.39 Å². The van der Waals surface area contributed by atoms with Crippen LogP contribution in [0, 0.1) is 5.82 Å². The van der Waals surface area contributed by atoms with Crippen LogP contribution < -0.4 is 5.73 Å². The zero-order valence-corrected chi connectivity index (χ0v) is 9.69. The summed E-state index contributed by atoms with van der Waals surface area (Å²) in [6, 6.07) is 4.57. The lowest BCUT2D eigenvalue weighted by atomic mass is 10.3. The number of unbranched alkanes of at least 4 members (excludes halogenated alkanes) is 1. The second kappa shape index (κ2) is 5.32. The van der Waals surface area contributed by atoms with Gasteiger partial charge < -0.3 is 10.7 Å². The number of nitrogens with two attached hydrogens (primary N) is 1. The molecule has 2 aromatic rings. The monoisotopic (exact) mass is 239 g/mol. The molecule has 0 bridgehead atoms. The Morgan fingerprint density at radius 1 is 1.38 bits per heavy atom. The van der Waals surface area contributed by atoms with Crippen molar-refractivity contribution in [2.45, 2.75) is 18.0 Å². The minimum absolute atomic E-state index is 0.240. The number of nitrogens with zero attached hydrogens (tertiary/aromatic N) is 1. The van der Waals surface area contributed by atoms with Crippen molar-refractivity contribution in [3.63, 3.8) is 0 Å². The number of fused-ring (bicyclic) bond motifs is 1. The molecule has 0 unspecified atom stereocenters. The van der Waals surface area contributed by atoms with Crippen molar-refractivity contribution in [2.24, 2.45) is 5.73 Å². The third-order valence-corrected chi connectivity index (χ3v) is 3.22. The molecule has 2 rings (SSSR count). The summed E-state index contributed by atoms with van der Waals surface area (Å²) >= 11 is 1.65. The van der Waals surface area contributed by atoms with E-state index in [4.69, 9.17) is 5.73 Å². The number of benzene rings is 1. The van der Waals surface area contributed by atoms with E-state index in [-0.39, 0.29) is 5.82 Å². The fourth-order valence-electron chi connectivity index (χ4n) is 1.44. The van der Waals surface area contributed by atoms with Gasteiger partial charge in [0.2, 0.25) is 0 Å². The van der Waals surface area contributed by atoms with Crippen molar-refractivity contribution in [3.05, 3.63) is 24.0 Å². The van der Waals surface area contributed by atoms with E-state index < -0.39 is 0 Å². The zero-order valence-electron chi connectivity index (χ0n) is 8.87. The zero-order chi connectivity index (χ0) is 11.4. The van der Waals surface area contributed by atoms with E-state index >= 15 is 0 Å². The smallest absolute Gasteiger partial charge is 0.166 e. The fraction of sp³-hybridized carbons (Fsp3) is 0.364. The Morgan fingerprint density at radius 3 is 3.06 bits per heavy atom. The topological polar surface area (TPSA) is 54.7 Å². The van der Waals surface area contributed by atoms with Crippen molar-refractivity contribution in [2.75, 3.05) is 12.3 Å². The molecule has 1 aromatic heterocycles. The molecule has 3 N–H and O–H groups in total. The van der Waals surface area contributed by atoms with Crippen LogP contribution in [0.3, 0.4) is 0 Å². The fourth-order valence-corrected chi connectivity index (χ4v) is 2.33. The maximum atomic E-state index is 12.9. The van der Waals surface area contributed by atoms with Gasteiger partial charge in [-0.05, 0) is 37.6 Å². The molecular formula is C11H14FN3S. The van der Waals surface area contributed by atoms with Crippen LogP contribution in [0.5, 0.6) is 0 Å². The Hall–Kier alpha value is -1.07. The molecule has 16 heavy (non-hydrogen) atoms. The predicted octanol–water partition coefficient (Wildman–Crippen LogP) is 2.53. The summed E-state index contributed by atoms with van der Waals surface area (Å²) in [6.07, 6.45) is 2.11. The van der Waals surface area contributed by atoms with Gasteiger partial charge in [-0.25, -0.2) is 9.37 Å². The molecule has 0 atom stereocenters. The highest BCUT2D eigenvalue weighted by molar-refractivity contribution is 7.99. The second-order valence-corrected chi connectivity index (χ2v) is 4.63. The molecule has 0 spiro atoms. The molecule has 1 aromatic carbocycles. The van der Waals surface area contributed by atoms with E-state index in [1.807, 2.05) is 0 Å². The Labute approximate surface area is 97.6 Å². The molecule has 0 amide bonds. The number of nitrogens with one attached hydrogen (secondary N) is 1. The van der Waals surface area contributed by atoms with E-state index in [1.165, 1.54) is 12.1 Å². The number of rotatable bonds is 5. The quantitative estimate of drug-likeness (QED) is 0.622. The molecule has 0 saturated carbocycles. The summed E-state index contributed by atoms with van der Waals surface area (Å²) in [5.74, 6) is 0.746. The Bertz CT molecular complexity index is 469. The summed E-state index contributed by atoms with van der Waals surface area (Å²) in [4.78, 5) is 7.45. The number of thioether (sulfide) groups is 1. The van der Waals surface area contributed by atoms with Crippen LogP contribution in [0.2, 0.25) is 0 Å². The highest BCUT2D eigenvalue weighted by Gasteiger charge is 2.03. The predicted molar refractivity (Wildman–Crippen MR) is 65.1 cm³/mol. The van der Waals surface area contributed by atoms with Crippen molar-refractivity contribution in [1.29, 1.82) is 0 Å². The van der Waals surface area contributed by atoms with Gasteiger partial charge in [-0.2, -0.15) is 0 Å². The summed E-state index contributed by atoms with van der Waals surface area (Å²) in [5.41, 5.74) is 6.97. The first-order valence-corrected chi connectivity index (χ1v) is 6.26. The van der Waals surface area contributed by atoms with E-state index in [2.05, 4.69) is 9.97 Å². The molecule has 3 nitrogen and oxygen atoms in total. The van der Waals surface area contributed by atoms with Crippen molar-refractivity contribution in [1.82, 2.24) is 9.97 Å². The van der Waals surface area contributed by atoms with E-state index in [0.29, 0.717) is 0 Å². The maximum absolute atomic E-state index is 12.9. The lowest BCUT2D eigenvalue weighted by molar-refractivity contribution is 0.629. The van der Waals surface area contributed by atoms with Gasteiger partial charge in [0.15, 0.2) is 5.16 Å². The van der Waals surface area contributed by atoms with Crippen LogP contribution in [0.1, 0.15) is 12.8 Å². The lowest BCUT2D eigenvalue weighted by Gasteiger charge is -1.95. The van der Waals surface area contributed by atoms with Crippen LogP contribution in [-0.2, 0) is 0 Å². The molecule has 0 aliphatic carbocycles. The van der Waals surface area contributed by atoms with Crippen LogP contribution in [0.25, 0.3) is 11.0 Å². The summed E-state index contributed by atoms with van der Waals surface area (Å²) in [6.45, 7) is 0.728. The first-order chi connectivity index (χ1) is 7.79. The molecule has 0 fully saturated rings. The highest BCUT2D eigenvalue weighted by atomic mass is 32.2. The van der Waals surface area contributed by atoms with Crippen molar-refractivity contribution in [3.8, 4) is 0 Å². The number of aromatic nitrogens is 2. The van der Waals surface area contributed by atoms with Gasteiger partial charge in [-0.3, -0.25) is 0 Å². The summed E-state index contributed by atoms with van der Waals surface area (Å²) in [5, 5.41) is 0.845. The van der Waals surface area contributed by atoms with Crippen LogP contribution >= 0.6 is 11.8 Å². The van der Waals surface area contributed by atoms with E-state index in [1.54, 1.807) is 17.8 Å². The van der Waals surface area contributed by atoms with Gasteiger partial charge in [-0.1, -0.05) is 11.8 Å². The molecule has 1 heterocycles. The summed E-state index contributed by atoms with van der Waals surface area (Å²) < 4.78 is 12.9. The van der Waals surface area contributed by atoms with Crippen LogP contribution in [-0.4, -0.2) is 22.3 Å². The minimum Gasteiger partial charge on any atom is -0.333 e. The number of hydrogen-bond donors (Lipinski definition) is 2. The Kier molecular flexibility index (Phi) is 3.79. The van der Waals surface area contributed by atoms with Crippen LogP contribution in [0.15, 0.2) is 23.4 Å². The first-order valence-electron chi connectivity index (χ1n) is 5.28. The number of aromatic amines is 1. The number of halogens is 1. The number of hydrogen-bond acceptors (Lipinski definition) is 3. The van der Waals surface area contributed by atoms with E-state index in [0.717, 1.165) is 41.3 Å². The van der Waals surface area contributed by atoms with Crippen molar-refractivity contribution >= 4 is 22.8 Å². The van der Waals surface area contributed by atoms with Crippen LogP contribution in [0.4, 0.5) is 4.39 Å². The molecule has 5 heteroatoms. The van der Waals surface area contributed by atoms with Gasteiger partial charge in [-0.15, -0.1) is 0 Å². The SMILES string of the molecule is NCCCCSc1nc2ccc(F)cc2[nH]1. The third kappa shape index (κ3) is 2.74. The normalized spacial score (nSPS) is 11.1. The maximum Gasteiger partial charge on any atom is 0.166 e. The third-order valence-electron chi connectivity index (χ3n) is 2.26. The molecular weight excluding hydrogens is 225 g/mol. The van der Waals surface area contributed by atoms with E-state index in [9.17, 15) is 4.39 Å². The standard InChI is InChI=1S/C11H14FN3S/c12-8-3-4-9-10(7-8)15-11(14-9)16-6-2-1-5-13/h3-4,7H,1-2,5-6,13H2,(H,14,15). The van der Waals surface area contributed by atoms with Gasteiger partial charge in [0.25, 0.3) is 0 Å². The first kappa shape index (κ1) is 11.4. The highest BCUT2D eigenvalue weighted by Crippen LogP contribution is 2.20. The Balaban J connectivity index is 2.02. The molecule has 0 aliphatic rings. The summed E-state index contributed by atoms with van der Waals surface area (Å²) in [7, 11) is 0. The van der Waals surface area contributed by atoms with Gasteiger partial charge in [0, 0.05) is 5.75 Å². The minimum atomic E-state index is -0.240. The van der Waals surface area contributed by atoms with Gasteiger partial charge >= 0.3 is 0 Å². The average molecular weight is 239 g/mol. The lowest BCUT2D eigenvalue weighted by Crippen LogP contribution is -1.98. The van der Waals surface area contributed by atoms with Gasteiger partial charge in [0.1, 0.15) is 5.82 Å². The molecule has 0 radical (unpaired) electrons.